The van der Waals surface area contributed by atoms with E-state index >= 15 is 0 Å². The first-order chi connectivity index (χ1) is 13.0. The van der Waals surface area contributed by atoms with Gasteiger partial charge in [-0.25, -0.2) is 4.79 Å². The molecule has 0 amide bonds. The third-order valence-electron chi connectivity index (χ3n) is 5.08. The predicted octanol–water partition coefficient (Wildman–Crippen LogP) is 7.29. The van der Waals surface area contributed by atoms with Crippen molar-refractivity contribution in [2.75, 3.05) is 24.6 Å². The first kappa shape index (κ1) is 25.9. The lowest BCUT2D eigenvalue weighted by Crippen LogP contribution is -2.12. The molecule has 0 aliphatic rings. The largest absolute Gasteiger partial charge is 0.507 e. The quantitative estimate of drug-likeness (QED) is 0.343. The minimum atomic E-state index is -1.11. The molecule has 0 bridgehead atoms. The van der Waals surface area contributed by atoms with Crippen molar-refractivity contribution in [2.24, 2.45) is 0 Å². The van der Waals surface area contributed by atoms with E-state index in [9.17, 15) is 4.79 Å². The van der Waals surface area contributed by atoms with E-state index in [0.29, 0.717) is 0 Å². The molecular formula is C23H42O3P. The second-order valence-electron chi connectivity index (χ2n) is 7.47. The minimum absolute atomic E-state index is 0.0671. The van der Waals surface area contributed by atoms with E-state index in [-0.39, 0.29) is 11.3 Å². The Kier molecular flexibility index (Phi) is 15.3. The highest BCUT2D eigenvalue weighted by molar-refractivity contribution is 7.75. The van der Waals surface area contributed by atoms with Gasteiger partial charge in [0.15, 0.2) is 0 Å². The van der Waals surface area contributed by atoms with Crippen molar-refractivity contribution in [3.8, 4) is 5.75 Å². The zero-order valence-electron chi connectivity index (χ0n) is 18.0. The van der Waals surface area contributed by atoms with Gasteiger partial charge >= 0.3 is 5.97 Å². The summed E-state index contributed by atoms with van der Waals surface area (Å²) in [6, 6.07) is 5.81. The number of carbonyl (C=O) groups is 1. The maximum atomic E-state index is 10.3. The van der Waals surface area contributed by atoms with E-state index in [2.05, 4.69) is 27.7 Å². The van der Waals surface area contributed by atoms with Crippen molar-refractivity contribution in [3.63, 3.8) is 0 Å². The second-order valence-corrected chi connectivity index (χ2v) is 11.9. The van der Waals surface area contributed by atoms with Crippen LogP contribution in [0.5, 0.6) is 5.75 Å². The van der Waals surface area contributed by atoms with Gasteiger partial charge in [-0.15, -0.1) is 7.26 Å². The highest BCUT2D eigenvalue weighted by atomic mass is 31.2. The van der Waals surface area contributed by atoms with E-state index in [1.165, 1.54) is 63.5 Å². The average Bonchev–Trinajstić information content (AvgIpc) is 2.67. The molecule has 0 heterocycles. The predicted molar refractivity (Wildman–Crippen MR) is 121 cm³/mol. The van der Waals surface area contributed by atoms with Gasteiger partial charge in [0.05, 0.1) is 0 Å². The van der Waals surface area contributed by atoms with Crippen molar-refractivity contribution < 1.29 is 15.0 Å². The molecule has 0 saturated heterocycles. The number of phenols is 1. The fraction of sp³-hybridized carbons (Fsp3) is 0.696. The van der Waals surface area contributed by atoms with Crippen LogP contribution in [0.15, 0.2) is 24.3 Å². The Bertz CT molecular complexity index is 465. The number of para-hydroxylation sites is 1. The normalized spacial score (nSPS) is 11.0. The van der Waals surface area contributed by atoms with Crippen LogP contribution < -0.4 is 0 Å². The van der Waals surface area contributed by atoms with E-state index in [4.69, 9.17) is 10.2 Å². The number of carboxylic acid groups (broad SMARTS) is 1. The zero-order valence-corrected chi connectivity index (χ0v) is 18.9. The van der Waals surface area contributed by atoms with Gasteiger partial charge in [-0.2, -0.15) is 0 Å². The molecule has 1 aromatic carbocycles. The summed E-state index contributed by atoms with van der Waals surface area (Å²) < 4.78 is 0. The number of hydrogen-bond acceptors (Lipinski definition) is 2. The molecule has 0 fully saturated rings. The molecule has 27 heavy (non-hydrogen) atoms. The van der Waals surface area contributed by atoms with E-state index in [1.807, 2.05) is 0 Å². The summed E-state index contributed by atoms with van der Waals surface area (Å²) in [6.45, 7) is 9.42. The summed E-state index contributed by atoms with van der Waals surface area (Å²) in [5, 5.41) is 17.3. The number of rotatable bonds is 13. The molecule has 0 atom stereocenters. The Morgan fingerprint density at radius 2 is 1.15 bits per heavy atom. The van der Waals surface area contributed by atoms with Crippen LogP contribution in [0.2, 0.25) is 0 Å². The summed E-state index contributed by atoms with van der Waals surface area (Å²) in [5.41, 5.74) is -0.0671. The Morgan fingerprint density at radius 3 is 1.41 bits per heavy atom. The number of aromatic carboxylic acids is 1. The maximum Gasteiger partial charge on any atom is 0.339 e. The molecule has 0 saturated carbocycles. The third kappa shape index (κ3) is 11.4. The smallest absolute Gasteiger partial charge is 0.339 e. The Morgan fingerprint density at radius 1 is 0.778 bits per heavy atom. The number of unbranched alkanes of at least 4 members (excludes halogenated alkanes) is 4. The van der Waals surface area contributed by atoms with Crippen molar-refractivity contribution in [1.82, 2.24) is 0 Å². The van der Waals surface area contributed by atoms with Crippen LogP contribution in [0.3, 0.4) is 0 Å². The standard InChI is InChI=1S/C16H36P.C7H6O3/c1-5-9-13-17(14-10-6-2,15-11-7-3)16-12-8-4;8-6-4-2-1-3-5(6)7(9)10/h5-16H2,1-4H3;1-4,8H,(H,9,10). The van der Waals surface area contributed by atoms with Gasteiger partial charge in [0.2, 0.25) is 0 Å². The molecule has 2 N–H and O–H groups in total. The number of aromatic hydroxyl groups is 1. The second kappa shape index (κ2) is 15.9. The Hall–Kier alpha value is -1.08. The molecule has 0 spiro atoms. The molecule has 0 aromatic heterocycles. The third-order valence-corrected chi connectivity index (χ3v) is 10.1. The van der Waals surface area contributed by atoms with Gasteiger partial charge in [-0.1, -0.05) is 65.5 Å². The molecule has 1 rings (SSSR count). The summed E-state index contributed by atoms with van der Waals surface area (Å²) in [7, 11) is -0.562. The molecule has 0 aliphatic carbocycles. The fourth-order valence-corrected chi connectivity index (χ4v) is 8.59. The average molecular weight is 398 g/mol. The monoisotopic (exact) mass is 397 g/mol. The van der Waals surface area contributed by atoms with Crippen LogP contribution in [-0.2, 0) is 0 Å². The van der Waals surface area contributed by atoms with E-state index < -0.39 is 13.2 Å². The maximum absolute atomic E-state index is 10.3. The number of carboxylic acids is 1. The van der Waals surface area contributed by atoms with Gasteiger partial charge in [-0.3, -0.25) is 0 Å². The molecule has 3 nitrogen and oxygen atoms in total. The molecular weight excluding hydrogens is 355 g/mol. The van der Waals surface area contributed by atoms with Crippen LogP contribution in [0.1, 0.15) is 89.4 Å². The summed E-state index contributed by atoms with van der Waals surface area (Å²) in [4.78, 5) is 10.3. The summed E-state index contributed by atoms with van der Waals surface area (Å²) in [6.07, 6.45) is 17.9. The number of benzene rings is 1. The van der Waals surface area contributed by atoms with Crippen LogP contribution in [0, 0.1) is 0 Å². The highest BCUT2D eigenvalue weighted by Crippen LogP contribution is 2.61. The van der Waals surface area contributed by atoms with Gasteiger partial charge in [0, 0.05) is 0 Å². The Balaban J connectivity index is 0.000000569. The highest BCUT2D eigenvalue weighted by Gasteiger charge is 2.24. The van der Waals surface area contributed by atoms with Crippen LogP contribution in [0.25, 0.3) is 0 Å². The van der Waals surface area contributed by atoms with Crippen molar-refractivity contribution in [3.05, 3.63) is 29.8 Å². The molecule has 4 heteroatoms. The van der Waals surface area contributed by atoms with Gasteiger partial charge < -0.3 is 10.2 Å². The topological polar surface area (TPSA) is 57.5 Å². The van der Waals surface area contributed by atoms with E-state index in [1.54, 1.807) is 36.8 Å². The summed E-state index contributed by atoms with van der Waals surface area (Å²) in [5.74, 6) is -1.31. The molecule has 0 aliphatic heterocycles. The fourth-order valence-electron chi connectivity index (χ4n) is 3.30. The lowest BCUT2D eigenvalue weighted by Gasteiger charge is -2.37. The van der Waals surface area contributed by atoms with Crippen molar-refractivity contribution >= 4 is 13.2 Å². The van der Waals surface area contributed by atoms with Gasteiger partial charge in [0.25, 0.3) is 0 Å². The van der Waals surface area contributed by atoms with Crippen LogP contribution in [-0.4, -0.2) is 40.8 Å². The Labute approximate surface area is 167 Å². The zero-order chi connectivity index (χ0) is 20.5. The molecule has 157 valence electrons. The molecule has 1 aromatic rings. The van der Waals surface area contributed by atoms with Crippen molar-refractivity contribution in [1.29, 1.82) is 0 Å². The van der Waals surface area contributed by atoms with Gasteiger partial charge in [-0.05, 0) is 62.5 Å². The lowest BCUT2D eigenvalue weighted by molar-refractivity contribution is 0.0693. The van der Waals surface area contributed by atoms with Crippen molar-refractivity contribution in [2.45, 2.75) is 79.1 Å². The summed E-state index contributed by atoms with van der Waals surface area (Å²) >= 11 is 0. The molecule has 1 radical (unpaired) electrons. The number of hydrogen-bond donors (Lipinski definition) is 2. The first-order valence-corrected chi connectivity index (χ1v) is 13.4. The van der Waals surface area contributed by atoms with E-state index in [0.717, 1.165) is 0 Å². The van der Waals surface area contributed by atoms with Crippen LogP contribution >= 0.6 is 7.26 Å². The minimum Gasteiger partial charge on any atom is -0.507 e. The van der Waals surface area contributed by atoms with Gasteiger partial charge in [0.1, 0.15) is 11.3 Å². The van der Waals surface area contributed by atoms with Crippen LogP contribution in [0.4, 0.5) is 0 Å². The lowest BCUT2D eigenvalue weighted by atomic mass is 10.2. The molecule has 0 unspecified atom stereocenters. The first-order valence-electron chi connectivity index (χ1n) is 10.8. The SMILES string of the molecule is CCCC[P](CCCC)(CCCC)CCCC.O=C(O)c1ccccc1O.